The Kier molecular flexibility index (Phi) is 10.5. The van der Waals surface area contributed by atoms with Gasteiger partial charge in [0.2, 0.25) is 0 Å². The average molecular weight is 341 g/mol. The van der Waals surface area contributed by atoms with Gasteiger partial charge in [0.25, 0.3) is 0 Å². The maximum atomic E-state index is 5.65. The lowest BCUT2D eigenvalue weighted by molar-refractivity contribution is 0.215. The zero-order chi connectivity index (χ0) is 18.3. The van der Waals surface area contributed by atoms with E-state index >= 15 is 0 Å². The lowest BCUT2D eigenvalue weighted by Gasteiger charge is -2.08. The number of hydrogen-bond acceptors (Lipinski definition) is 4. The van der Waals surface area contributed by atoms with Gasteiger partial charge in [0.1, 0.15) is 19.5 Å². The first-order valence-corrected chi connectivity index (χ1v) is 8.38. The van der Waals surface area contributed by atoms with Crippen LogP contribution in [0, 0.1) is 0 Å². The highest BCUT2D eigenvalue weighted by atomic mass is 16.6. The minimum absolute atomic E-state index is 0.528. The van der Waals surface area contributed by atoms with Crippen molar-refractivity contribution >= 4 is 6.21 Å². The van der Waals surface area contributed by atoms with Gasteiger partial charge in [-0.05, 0) is 29.3 Å². The molecule has 2 aromatic carbocycles. The van der Waals surface area contributed by atoms with Gasteiger partial charge in [-0.2, -0.15) is 0 Å². The Balaban J connectivity index is 0.00000151. The molecule has 2 aromatic rings. The summed E-state index contributed by atoms with van der Waals surface area (Å²) in [4.78, 5) is 4.76. The van der Waals surface area contributed by atoms with Crippen molar-refractivity contribution in [1.82, 2.24) is 0 Å². The quantitative estimate of drug-likeness (QED) is 0.388. The zero-order valence-corrected chi connectivity index (χ0v) is 15.4. The Morgan fingerprint density at radius 1 is 0.880 bits per heavy atom. The molecule has 4 nitrogen and oxygen atoms in total. The monoisotopic (exact) mass is 341 g/mol. The summed E-state index contributed by atoms with van der Waals surface area (Å²) in [5.41, 5.74) is 3.20. The molecule has 0 atom stereocenters. The molecule has 0 N–H and O–H groups in total. The highest BCUT2D eigenvalue weighted by molar-refractivity contribution is 5.90. The SMILES string of the molecule is CC.COC/C=C\COc1ccc(-c2ccccc2/C=N/OC)cc1. The number of nitrogens with zero attached hydrogens (tertiary/aromatic N) is 1. The average Bonchev–Trinajstić information content (AvgIpc) is 2.68. The lowest BCUT2D eigenvalue weighted by Crippen LogP contribution is -1.94. The molecular weight excluding hydrogens is 314 g/mol. The molecule has 134 valence electrons. The van der Waals surface area contributed by atoms with E-state index in [1.165, 1.54) is 7.11 Å². The van der Waals surface area contributed by atoms with Crippen LogP contribution < -0.4 is 4.74 Å². The van der Waals surface area contributed by atoms with Gasteiger partial charge in [0.15, 0.2) is 0 Å². The van der Waals surface area contributed by atoms with Gasteiger partial charge in [-0.25, -0.2) is 0 Å². The second-order valence-corrected chi connectivity index (χ2v) is 4.77. The van der Waals surface area contributed by atoms with E-state index < -0.39 is 0 Å². The molecule has 25 heavy (non-hydrogen) atoms. The van der Waals surface area contributed by atoms with E-state index in [0.29, 0.717) is 13.2 Å². The van der Waals surface area contributed by atoms with Crippen molar-refractivity contribution in [2.24, 2.45) is 5.16 Å². The van der Waals surface area contributed by atoms with Crippen LogP contribution in [0.15, 0.2) is 65.8 Å². The van der Waals surface area contributed by atoms with E-state index in [-0.39, 0.29) is 0 Å². The molecule has 0 spiro atoms. The minimum atomic E-state index is 0.528. The molecule has 0 heterocycles. The largest absolute Gasteiger partial charge is 0.490 e. The standard InChI is InChI=1S/C19H21NO3.C2H6/c1-21-13-5-6-14-23-18-11-9-16(10-12-18)19-8-4-3-7-17(19)15-20-22-2;1-2/h3-12,15H,13-14H2,1-2H3;1-2H3/b6-5-,20-15+;. The number of benzene rings is 2. The topological polar surface area (TPSA) is 40.0 Å². The fraction of sp³-hybridized carbons (Fsp3) is 0.286. The summed E-state index contributed by atoms with van der Waals surface area (Å²) in [5, 5.41) is 3.84. The van der Waals surface area contributed by atoms with Crippen LogP contribution in [-0.4, -0.2) is 33.6 Å². The van der Waals surface area contributed by atoms with E-state index in [1.807, 2.05) is 68.5 Å². The first-order chi connectivity index (χ1) is 12.3. The van der Waals surface area contributed by atoms with Gasteiger partial charge >= 0.3 is 0 Å². The van der Waals surface area contributed by atoms with Crippen LogP contribution in [0.4, 0.5) is 0 Å². The molecule has 0 aliphatic heterocycles. The summed E-state index contributed by atoms with van der Waals surface area (Å²) >= 11 is 0. The number of oxime groups is 1. The summed E-state index contributed by atoms with van der Waals surface area (Å²) in [6.07, 6.45) is 5.58. The van der Waals surface area contributed by atoms with Gasteiger partial charge in [-0.1, -0.05) is 61.5 Å². The Bertz CT molecular complexity index is 648. The van der Waals surface area contributed by atoms with E-state index in [1.54, 1.807) is 13.3 Å². The molecule has 0 aromatic heterocycles. The molecule has 2 rings (SSSR count). The third-order valence-corrected chi connectivity index (χ3v) is 3.20. The molecule has 0 saturated carbocycles. The predicted molar refractivity (Wildman–Crippen MR) is 104 cm³/mol. The summed E-state index contributed by atoms with van der Waals surface area (Å²) in [7, 11) is 3.20. The molecule has 4 heteroatoms. The van der Waals surface area contributed by atoms with Crippen LogP contribution in [0.5, 0.6) is 5.75 Å². The van der Waals surface area contributed by atoms with Gasteiger partial charge in [-0.15, -0.1) is 0 Å². The van der Waals surface area contributed by atoms with Crippen molar-refractivity contribution in [1.29, 1.82) is 0 Å². The Labute approximate surface area is 150 Å². The number of rotatable bonds is 8. The molecule has 0 fully saturated rings. The predicted octanol–water partition coefficient (Wildman–Crippen LogP) is 4.94. The maximum Gasteiger partial charge on any atom is 0.119 e. The van der Waals surface area contributed by atoms with Crippen molar-refractivity contribution in [3.8, 4) is 16.9 Å². The Morgan fingerprint density at radius 3 is 2.24 bits per heavy atom. The molecule has 0 aliphatic rings. The van der Waals surface area contributed by atoms with Crippen LogP contribution in [0.25, 0.3) is 11.1 Å². The lowest BCUT2D eigenvalue weighted by atomic mass is 10.0. The van der Waals surface area contributed by atoms with Crippen molar-refractivity contribution in [2.45, 2.75) is 13.8 Å². The molecule has 0 saturated heterocycles. The van der Waals surface area contributed by atoms with Gasteiger partial charge in [-0.3, -0.25) is 0 Å². The molecule has 0 bridgehead atoms. The smallest absolute Gasteiger partial charge is 0.119 e. The second-order valence-electron chi connectivity index (χ2n) is 4.77. The first-order valence-electron chi connectivity index (χ1n) is 8.38. The van der Waals surface area contributed by atoms with Crippen molar-refractivity contribution in [2.75, 3.05) is 27.4 Å². The fourth-order valence-electron chi connectivity index (χ4n) is 2.09. The van der Waals surface area contributed by atoms with Crippen molar-refractivity contribution in [3.63, 3.8) is 0 Å². The van der Waals surface area contributed by atoms with Crippen molar-refractivity contribution in [3.05, 3.63) is 66.2 Å². The summed E-state index contributed by atoms with van der Waals surface area (Å²) in [6, 6.07) is 16.0. The zero-order valence-electron chi connectivity index (χ0n) is 15.4. The molecule has 0 unspecified atom stereocenters. The van der Waals surface area contributed by atoms with E-state index in [4.69, 9.17) is 14.3 Å². The van der Waals surface area contributed by atoms with Crippen LogP contribution in [0.1, 0.15) is 19.4 Å². The van der Waals surface area contributed by atoms with Gasteiger partial charge in [0, 0.05) is 12.7 Å². The minimum Gasteiger partial charge on any atom is -0.490 e. The van der Waals surface area contributed by atoms with E-state index in [0.717, 1.165) is 22.4 Å². The van der Waals surface area contributed by atoms with Crippen LogP contribution in [0.3, 0.4) is 0 Å². The molecular formula is C21H27NO3. The number of hydrogen-bond donors (Lipinski definition) is 0. The first kappa shape index (κ1) is 20.5. The maximum absolute atomic E-state index is 5.65. The third-order valence-electron chi connectivity index (χ3n) is 3.20. The fourth-order valence-corrected chi connectivity index (χ4v) is 2.09. The summed E-state index contributed by atoms with van der Waals surface area (Å²) in [6.45, 7) is 5.13. The number of methoxy groups -OCH3 is 1. The van der Waals surface area contributed by atoms with Crippen LogP contribution >= 0.6 is 0 Å². The van der Waals surface area contributed by atoms with Crippen molar-refractivity contribution < 1.29 is 14.3 Å². The molecule has 0 aliphatic carbocycles. The highest BCUT2D eigenvalue weighted by Crippen LogP contribution is 2.25. The number of ether oxygens (including phenoxy) is 2. The van der Waals surface area contributed by atoms with Crippen LogP contribution in [0.2, 0.25) is 0 Å². The summed E-state index contributed by atoms with van der Waals surface area (Å²) in [5.74, 6) is 0.832. The van der Waals surface area contributed by atoms with E-state index in [9.17, 15) is 0 Å². The molecule has 0 amide bonds. The normalized spacial score (nSPS) is 10.6. The summed E-state index contributed by atoms with van der Waals surface area (Å²) < 4.78 is 10.6. The second kappa shape index (κ2) is 12.8. The Hall–Kier alpha value is -2.59. The van der Waals surface area contributed by atoms with Gasteiger partial charge in [0.05, 0.1) is 12.8 Å². The third kappa shape index (κ3) is 7.23. The molecule has 0 radical (unpaired) electrons. The van der Waals surface area contributed by atoms with E-state index in [2.05, 4.69) is 11.2 Å². The Morgan fingerprint density at radius 2 is 1.56 bits per heavy atom. The highest BCUT2D eigenvalue weighted by Gasteiger charge is 2.03. The van der Waals surface area contributed by atoms with Crippen LogP contribution in [-0.2, 0) is 9.57 Å². The van der Waals surface area contributed by atoms with Gasteiger partial charge < -0.3 is 14.3 Å².